The van der Waals surface area contributed by atoms with Crippen molar-refractivity contribution in [2.24, 2.45) is 0 Å². The molecule has 17 heavy (non-hydrogen) atoms. The van der Waals surface area contributed by atoms with Crippen molar-refractivity contribution in [3.05, 3.63) is 16.1 Å². The van der Waals surface area contributed by atoms with Crippen LogP contribution in [0.25, 0.3) is 0 Å². The molecule has 0 radical (unpaired) electrons. The van der Waals surface area contributed by atoms with E-state index in [0.29, 0.717) is 12.5 Å². The van der Waals surface area contributed by atoms with E-state index < -0.39 is 0 Å². The third-order valence-electron chi connectivity index (χ3n) is 2.95. The summed E-state index contributed by atoms with van der Waals surface area (Å²) < 4.78 is 0. The molecule has 1 saturated heterocycles. The molecule has 94 valence electrons. The van der Waals surface area contributed by atoms with Crippen LogP contribution in [0.15, 0.2) is 5.38 Å². The second-order valence-electron chi connectivity index (χ2n) is 4.35. The third-order valence-corrected chi connectivity index (χ3v) is 3.99. The second-order valence-corrected chi connectivity index (χ2v) is 5.30. The lowest BCUT2D eigenvalue weighted by molar-refractivity contribution is -0.121. The van der Waals surface area contributed by atoms with Crippen molar-refractivity contribution in [2.45, 2.75) is 38.6 Å². The summed E-state index contributed by atoms with van der Waals surface area (Å²) in [5.74, 6) is 0.102. The Hall–Kier alpha value is -0.940. The fraction of sp³-hybridized carbons (Fsp3) is 0.667. The molecule has 0 atom stereocenters. The lowest BCUT2D eigenvalue weighted by Crippen LogP contribution is -2.43. The van der Waals surface area contributed by atoms with Gasteiger partial charge in [-0.25, -0.2) is 4.98 Å². The van der Waals surface area contributed by atoms with E-state index in [4.69, 9.17) is 0 Å². The maximum atomic E-state index is 11.8. The molecule has 2 heterocycles. The number of piperidine rings is 1. The first-order valence-corrected chi connectivity index (χ1v) is 7.09. The highest BCUT2D eigenvalue weighted by Gasteiger charge is 2.16. The number of nitrogens with zero attached hydrogens (tertiary/aromatic N) is 1. The monoisotopic (exact) mass is 253 g/mol. The number of carbonyl (C=O) groups is 1. The Kier molecular flexibility index (Phi) is 4.50. The van der Waals surface area contributed by atoms with Crippen LogP contribution in [0.2, 0.25) is 0 Å². The van der Waals surface area contributed by atoms with Gasteiger partial charge in [0, 0.05) is 11.4 Å². The highest BCUT2D eigenvalue weighted by atomic mass is 32.1. The van der Waals surface area contributed by atoms with Crippen LogP contribution in [-0.4, -0.2) is 30.0 Å². The van der Waals surface area contributed by atoms with Crippen LogP contribution in [-0.2, 0) is 17.6 Å². The van der Waals surface area contributed by atoms with Gasteiger partial charge in [-0.05, 0) is 32.4 Å². The first-order valence-electron chi connectivity index (χ1n) is 6.21. The SMILES string of the molecule is CCc1nc(CC(=O)NC2CCNCC2)cs1. The van der Waals surface area contributed by atoms with Crippen LogP contribution in [0.3, 0.4) is 0 Å². The average Bonchev–Trinajstić information content (AvgIpc) is 2.78. The predicted molar refractivity (Wildman–Crippen MR) is 69.2 cm³/mol. The number of nitrogens with one attached hydrogen (secondary N) is 2. The second kappa shape index (κ2) is 6.12. The summed E-state index contributed by atoms with van der Waals surface area (Å²) in [7, 11) is 0. The van der Waals surface area contributed by atoms with Gasteiger partial charge < -0.3 is 10.6 Å². The molecule has 2 rings (SSSR count). The van der Waals surface area contributed by atoms with Crippen molar-refractivity contribution in [1.82, 2.24) is 15.6 Å². The quantitative estimate of drug-likeness (QED) is 0.845. The van der Waals surface area contributed by atoms with Crippen molar-refractivity contribution >= 4 is 17.2 Å². The van der Waals surface area contributed by atoms with E-state index in [1.807, 2.05) is 5.38 Å². The van der Waals surface area contributed by atoms with Gasteiger partial charge in [0.05, 0.1) is 17.1 Å². The van der Waals surface area contributed by atoms with Crippen molar-refractivity contribution in [2.75, 3.05) is 13.1 Å². The van der Waals surface area contributed by atoms with Crippen molar-refractivity contribution in [3.63, 3.8) is 0 Å². The molecule has 1 amide bonds. The van der Waals surface area contributed by atoms with Crippen molar-refractivity contribution < 1.29 is 4.79 Å². The molecule has 1 aliphatic heterocycles. The van der Waals surface area contributed by atoms with E-state index in [-0.39, 0.29) is 5.91 Å². The lowest BCUT2D eigenvalue weighted by atomic mass is 10.1. The standard InChI is InChI=1S/C12H19N3OS/c1-2-12-15-10(8-17-12)7-11(16)14-9-3-5-13-6-4-9/h8-9,13H,2-7H2,1H3,(H,14,16). The molecule has 5 heteroatoms. The topological polar surface area (TPSA) is 54.0 Å². The van der Waals surface area contributed by atoms with Crippen LogP contribution in [0.1, 0.15) is 30.5 Å². The zero-order chi connectivity index (χ0) is 12.1. The Morgan fingerprint density at radius 1 is 1.59 bits per heavy atom. The Bertz CT molecular complexity index is 372. The Labute approximate surface area is 106 Å². The van der Waals surface area contributed by atoms with Gasteiger partial charge in [-0.1, -0.05) is 6.92 Å². The molecule has 1 aromatic rings. The molecule has 0 aromatic carbocycles. The van der Waals surface area contributed by atoms with Gasteiger partial charge in [0.15, 0.2) is 0 Å². The van der Waals surface area contributed by atoms with Gasteiger partial charge in [-0.3, -0.25) is 4.79 Å². The summed E-state index contributed by atoms with van der Waals surface area (Å²) in [5, 5.41) is 9.46. The number of amides is 1. The summed E-state index contributed by atoms with van der Waals surface area (Å²) >= 11 is 1.64. The number of thiazole rings is 1. The molecular formula is C12H19N3OS. The third kappa shape index (κ3) is 3.78. The molecule has 0 saturated carbocycles. The van der Waals surface area contributed by atoms with E-state index in [1.165, 1.54) is 0 Å². The van der Waals surface area contributed by atoms with E-state index in [1.54, 1.807) is 11.3 Å². The molecule has 1 aromatic heterocycles. The maximum absolute atomic E-state index is 11.8. The number of rotatable bonds is 4. The summed E-state index contributed by atoms with van der Waals surface area (Å²) in [6.45, 7) is 4.08. The molecule has 0 bridgehead atoms. The van der Waals surface area contributed by atoms with E-state index in [2.05, 4.69) is 22.5 Å². The average molecular weight is 253 g/mol. The summed E-state index contributed by atoms with van der Waals surface area (Å²) in [4.78, 5) is 16.2. The number of hydrogen-bond donors (Lipinski definition) is 2. The summed E-state index contributed by atoms with van der Waals surface area (Å²) in [6.07, 6.45) is 3.42. The van der Waals surface area contributed by atoms with Gasteiger partial charge in [-0.15, -0.1) is 11.3 Å². The number of carbonyl (C=O) groups excluding carboxylic acids is 1. The number of hydrogen-bond acceptors (Lipinski definition) is 4. The largest absolute Gasteiger partial charge is 0.353 e. The minimum Gasteiger partial charge on any atom is -0.353 e. The van der Waals surface area contributed by atoms with Gasteiger partial charge in [0.2, 0.25) is 5.91 Å². The zero-order valence-electron chi connectivity index (χ0n) is 10.2. The molecule has 0 spiro atoms. The summed E-state index contributed by atoms with van der Waals surface area (Å²) in [5.41, 5.74) is 0.901. The minimum atomic E-state index is 0.102. The van der Waals surface area contributed by atoms with Crippen LogP contribution in [0.5, 0.6) is 0 Å². The van der Waals surface area contributed by atoms with Crippen molar-refractivity contribution in [3.8, 4) is 0 Å². The van der Waals surface area contributed by atoms with Crippen LogP contribution < -0.4 is 10.6 Å². The molecule has 1 aliphatic rings. The van der Waals surface area contributed by atoms with E-state index in [0.717, 1.165) is 43.1 Å². The fourth-order valence-electron chi connectivity index (χ4n) is 2.00. The normalized spacial score (nSPS) is 17.0. The smallest absolute Gasteiger partial charge is 0.226 e. The fourth-order valence-corrected chi connectivity index (χ4v) is 2.75. The Balaban J connectivity index is 1.79. The Morgan fingerprint density at radius 2 is 2.35 bits per heavy atom. The first kappa shape index (κ1) is 12.5. The lowest BCUT2D eigenvalue weighted by Gasteiger charge is -2.23. The van der Waals surface area contributed by atoms with Crippen molar-refractivity contribution in [1.29, 1.82) is 0 Å². The maximum Gasteiger partial charge on any atom is 0.226 e. The number of aryl methyl sites for hydroxylation is 1. The minimum absolute atomic E-state index is 0.102. The zero-order valence-corrected chi connectivity index (χ0v) is 11.0. The van der Waals surface area contributed by atoms with E-state index >= 15 is 0 Å². The van der Waals surface area contributed by atoms with Crippen LogP contribution in [0, 0.1) is 0 Å². The van der Waals surface area contributed by atoms with Gasteiger partial charge in [0.25, 0.3) is 0 Å². The molecule has 2 N–H and O–H groups in total. The highest BCUT2D eigenvalue weighted by Crippen LogP contribution is 2.11. The highest BCUT2D eigenvalue weighted by molar-refractivity contribution is 7.09. The van der Waals surface area contributed by atoms with Gasteiger partial charge >= 0.3 is 0 Å². The van der Waals surface area contributed by atoms with Gasteiger partial charge in [-0.2, -0.15) is 0 Å². The van der Waals surface area contributed by atoms with Gasteiger partial charge in [0.1, 0.15) is 0 Å². The first-order chi connectivity index (χ1) is 8.28. The molecule has 0 unspecified atom stereocenters. The van der Waals surface area contributed by atoms with Crippen LogP contribution >= 0.6 is 11.3 Å². The van der Waals surface area contributed by atoms with Crippen LogP contribution in [0.4, 0.5) is 0 Å². The molecule has 0 aliphatic carbocycles. The predicted octanol–water partition coefficient (Wildman–Crippen LogP) is 1.12. The molecule has 4 nitrogen and oxygen atoms in total. The summed E-state index contributed by atoms with van der Waals surface area (Å²) in [6, 6.07) is 0.341. The molecular weight excluding hydrogens is 234 g/mol. The molecule has 1 fully saturated rings. The Morgan fingerprint density at radius 3 is 3.00 bits per heavy atom. The number of aromatic nitrogens is 1. The van der Waals surface area contributed by atoms with E-state index in [9.17, 15) is 4.79 Å².